The first-order valence-corrected chi connectivity index (χ1v) is 9.65. The molecule has 0 amide bonds. The van der Waals surface area contributed by atoms with Crippen molar-refractivity contribution in [3.05, 3.63) is 35.7 Å². The highest BCUT2D eigenvalue weighted by Gasteiger charge is 2.30. The number of nitrogen functional groups attached to an aromatic ring is 1. The second-order valence-corrected chi connectivity index (χ2v) is 8.67. The molecule has 1 fully saturated rings. The lowest BCUT2D eigenvalue weighted by molar-refractivity contribution is 0.239. The molecule has 1 aromatic carbocycles. The van der Waals surface area contributed by atoms with E-state index in [-0.39, 0.29) is 6.04 Å². The van der Waals surface area contributed by atoms with Crippen LogP contribution in [0, 0.1) is 0 Å². The zero-order chi connectivity index (χ0) is 18.2. The predicted octanol–water partition coefficient (Wildman–Crippen LogP) is 0.985. The highest BCUT2D eigenvalue weighted by molar-refractivity contribution is 7.89. The summed E-state index contributed by atoms with van der Waals surface area (Å²) in [6, 6.07) is 7.21. The Morgan fingerprint density at radius 1 is 1.36 bits per heavy atom. The second kappa shape index (κ2) is 6.74. The summed E-state index contributed by atoms with van der Waals surface area (Å²) in [5.41, 5.74) is 6.76. The summed E-state index contributed by atoms with van der Waals surface area (Å²) >= 11 is 0. The molecule has 2 aromatic rings. The van der Waals surface area contributed by atoms with Crippen LogP contribution in [0.3, 0.4) is 0 Å². The lowest BCUT2D eigenvalue weighted by Gasteiger charge is -2.22. The van der Waals surface area contributed by atoms with E-state index in [1.807, 2.05) is 6.07 Å². The lowest BCUT2D eigenvalue weighted by atomic mass is 10.1. The molecule has 1 aromatic heterocycles. The minimum atomic E-state index is -3.43. The van der Waals surface area contributed by atoms with E-state index >= 15 is 0 Å². The second-order valence-electron chi connectivity index (χ2n) is 6.52. The number of sulfonamides is 1. The van der Waals surface area contributed by atoms with Crippen LogP contribution in [0.4, 0.5) is 5.95 Å². The van der Waals surface area contributed by atoms with Gasteiger partial charge < -0.3 is 5.73 Å². The van der Waals surface area contributed by atoms with Gasteiger partial charge in [-0.25, -0.2) is 17.4 Å². The van der Waals surface area contributed by atoms with E-state index in [1.165, 1.54) is 18.4 Å². The number of nitrogens with zero attached hydrogens (tertiary/aromatic N) is 5. The Morgan fingerprint density at radius 3 is 2.76 bits per heavy atom. The summed E-state index contributed by atoms with van der Waals surface area (Å²) in [6.07, 6.45) is 2.03. The van der Waals surface area contributed by atoms with Gasteiger partial charge in [-0.05, 0) is 37.1 Å². The number of aryl methyl sites for hydroxylation is 1. The normalized spacial score (nSPS) is 19.0. The first-order valence-electron chi connectivity index (χ1n) is 8.21. The van der Waals surface area contributed by atoms with E-state index in [2.05, 4.69) is 15.0 Å². The van der Waals surface area contributed by atoms with Crippen molar-refractivity contribution in [2.24, 2.45) is 7.05 Å². The molecule has 0 spiro atoms. The smallest absolute Gasteiger partial charge is 0.242 e. The summed E-state index contributed by atoms with van der Waals surface area (Å²) in [5.74, 6) is 1.13. The molecule has 1 atom stereocenters. The first-order chi connectivity index (χ1) is 11.8. The topological polar surface area (TPSA) is 97.4 Å². The van der Waals surface area contributed by atoms with Gasteiger partial charge in [-0.15, -0.1) is 0 Å². The van der Waals surface area contributed by atoms with Crippen molar-refractivity contribution in [2.75, 3.05) is 26.4 Å². The molecule has 25 heavy (non-hydrogen) atoms. The van der Waals surface area contributed by atoms with Crippen LogP contribution in [0.1, 0.15) is 30.3 Å². The Balaban J connectivity index is 1.82. The molecular weight excluding hydrogens is 340 g/mol. The molecule has 2 N–H and O–H groups in total. The molecule has 3 rings (SSSR count). The molecule has 1 saturated heterocycles. The fraction of sp³-hybridized carbons (Fsp3) is 0.500. The van der Waals surface area contributed by atoms with Crippen LogP contribution in [0.5, 0.6) is 0 Å². The number of nitrogens with two attached hydrogens (primary N) is 1. The number of anilines is 1. The van der Waals surface area contributed by atoms with Gasteiger partial charge in [0, 0.05) is 27.7 Å². The fourth-order valence-electron chi connectivity index (χ4n) is 3.12. The highest BCUT2D eigenvalue weighted by Crippen LogP contribution is 2.32. The quantitative estimate of drug-likeness (QED) is 0.849. The molecule has 9 heteroatoms. The largest absolute Gasteiger partial charge is 0.368 e. The van der Waals surface area contributed by atoms with Gasteiger partial charge in [0.2, 0.25) is 16.0 Å². The van der Waals surface area contributed by atoms with Crippen LogP contribution in [-0.2, 0) is 23.6 Å². The van der Waals surface area contributed by atoms with Gasteiger partial charge in [0.15, 0.2) is 5.82 Å². The SMILES string of the molecule is CN(C)S(=O)(=O)c1cccc(CN2CCCC2c2nc(N)n(C)n2)c1. The molecule has 2 heterocycles. The molecule has 0 bridgehead atoms. The summed E-state index contributed by atoms with van der Waals surface area (Å²) in [4.78, 5) is 6.93. The number of likely N-dealkylation sites (tertiary alicyclic amines) is 1. The summed E-state index contributed by atoms with van der Waals surface area (Å²) < 4.78 is 27.5. The van der Waals surface area contributed by atoms with Gasteiger partial charge in [-0.3, -0.25) is 4.90 Å². The maximum Gasteiger partial charge on any atom is 0.242 e. The Bertz CT molecular complexity index is 842. The van der Waals surface area contributed by atoms with Crippen molar-refractivity contribution in [1.29, 1.82) is 0 Å². The number of hydrogen-bond donors (Lipinski definition) is 1. The number of aromatic nitrogens is 3. The maximum atomic E-state index is 12.3. The molecule has 136 valence electrons. The van der Waals surface area contributed by atoms with Crippen molar-refractivity contribution in [3.63, 3.8) is 0 Å². The van der Waals surface area contributed by atoms with Crippen molar-refractivity contribution in [2.45, 2.75) is 30.3 Å². The molecule has 8 nitrogen and oxygen atoms in total. The third-order valence-corrected chi connectivity index (χ3v) is 6.35. The number of benzene rings is 1. The number of rotatable bonds is 5. The van der Waals surface area contributed by atoms with E-state index in [4.69, 9.17) is 5.73 Å². The molecular formula is C16H24N6O2S. The first kappa shape index (κ1) is 17.8. The third-order valence-electron chi connectivity index (χ3n) is 4.54. The molecule has 1 aliphatic rings. The zero-order valence-electron chi connectivity index (χ0n) is 14.8. The molecule has 1 aliphatic heterocycles. The Labute approximate surface area is 148 Å². The van der Waals surface area contributed by atoms with Crippen LogP contribution in [-0.4, -0.2) is 53.0 Å². The van der Waals surface area contributed by atoms with Gasteiger partial charge in [-0.2, -0.15) is 10.1 Å². The van der Waals surface area contributed by atoms with Crippen molar-refractivity contribution in [3.8, 4) is 0 Å². The van der Waals surface area contributed by atoms with E-state index in [9.17, 15) is 8.42 Å². The minimum Gasteiger partial charge on any atom is -0.368 e. The monoisotopic (exact) mass is 364 g/mol. The van der Waals surface area contributed by atoms with Crippen LogP contribution in [0.25, 0.3) is 0 Å². The van der Waals surface area contributed by atoms with E-state index in [0.29, 0.717) is 17.4 Å². The van der Waals surface area contributed by atoms with Crippen molar-refractivity contribution >= 4 is 16.0 Å². The van der Waals surface area contributed by atoms with Crippen LogP contribution < -0.4 is 5.73 Å². The molecule has 0 radical (unpaired) electrons. The third kappa shape index (κ3) is 3.53. The van der Waals surface area contributed by atoms with Gasteiger partial charge in [0.25, 0.3) is 0 Å². The van der Waals surface area contributed by atoms with Crippen molar-refractivity contribution in [1.82, 2.24) is 24.0 Å². The average Bonchev–Trinajstić information content (AvgIpc) is 3.14. The fourth-order valence-corrected chi connectivity index (χ4v) is 4.09. The standard InChI is InChI=1S/C16H24N6O2S/c1-20(2)25(23,24)13-7-4-6-12(10-13)11-22-9-5-8-14(22)15-18-16(17)21(3)19-15/h4,6-7,10,14H,5,8-9,11H2,1-3H3,(H2,17,18,19). The van der Waals surface area contributed by atoms with Gasteiger partial charge in [-0.1, -0.05) is 12.1 Å². The number of hydrogen-bond acceptors (Lipinski definition) is 6. The van der Waals surface area contributed by atoms with E-state index < -0.39 is 10.0 Å². The molecule has 1 unspecified atom stereocenters. The van der Waals surface area contributed by atoms with Crippen LogP contribution >= 0.6 is 0 Å². The van der Waals surface area contributed by atoms with Gasteiger partial charge >= 0.3 is 0 Å². The van der Waals surface area contributed by atoms with Crippen LogP contribution in [0.2, 0.25) is 0 Å². The minimum absolute atomic E-state index is 0.109. The van der Waals surface area contributed by atoms with Crippen LogP contribution in [0.15, 0.2) is 29.2 Å². The van der Waals surface area contributed by atoms with E-state index in [0.717, 1.165) is 30.8 Å². The van der Waals surface area contributed by atoms with Gasteiger partial charge in [0.1, 0.15) is 0 Å². The Kier molecular flexibility index (Phi) is 4.81. The highest BCUT2D eigenvalue weighted by atomic mass is 32.2. The van der Waals surface area contributed by atoms with E-state index in [1.54, 1.807) is 29.9 Å². The maximum absolute atomic E-state index is 12.3. The van der Waals surface area contributed by atoms with Crippen molar-refractivity contribution < 1.29 is 8.42 Å². The summed E-state index contributed by atoms with van der Waals surface area (Å²) in [5, 5.41) is 4.40. The predicted molar refractivity (Wildman–Crippen MR) is 95.1 cm³/mol. The molecule has 0 aliphatic carbocycles. The van der Waals surface area contributed by atoms with Gasteiger partial charge in [0.05, 0.1) is 10.9 Å². The zero-order valence-corrected chi connectivity index (χ0v) is 15.6. The lowest BCUT2D eigenvalue weighted by Crippen LogP contribution is -2.25. The Hall–Kier alpha value is -1.97. The Morgan fingerprint density at radius 2 is 2.12 bits per heavy atom. The average molecular weight is 364 g/mol. The summed E-state index contributed by atoms with van der Waals surface area (Å²) in [6.45, 7) is 1.58. The summed E-state index contributed by atoms with van der Waals surface area (Å²) in [7, 11) is 1.42. The molecule has 0 saturated carbocycles.